The SMILES string of the molecule is COc1ccc2c(Cl)c(C(=O)Nc3cc(Cl)ccc3C)sc2c1. The second-order valence-corrected chi connectivity index (χ2v) is 6.89. The van der Waals surface area contributed by atoms with Gasteiger partial charge >= 0.3 is 0 Å². The van der Waals surface area contributed by atoms with Crippen molar-refractivity contribution >= 4 is 56.2 Å². The largest absolute Gasteiger partial charge is 0.497 e. The van der Waals surface area contributed by atoms with Gasteiger partial charge in [0.15, 0.2) is 0 Å². The Hall–Kier alpha value is -1.75. The Kier molecular flexibility index (Phi) is 4.48. The minimum Gasteiger partial charge on any atom is -0.497 e. The molecule has 0 saturated heterocycles. The lowest BCUT2D eigenvalue weighted by Gasteiger charge is -2.08. The third kappa shape index (κ3) is 3.15. The zero-order valence-corrected chi connectivity index (χ0v) is 14.8. The molecule has 0 spiro atoms. The van der Waals surface area contributed by atoms with Crippen LogP contribution in [0.2, 0.25) is 10.0 Å². The van der Waals surface area contributed by atoms with Crippen LogP contribution >= 0.6 is 34.5 Å². The minimum absolute atomic E-state index is 0.250. The maximum absolute atomic E-state index is 12.6. The molecule has 23 heavy (non-hydrogen) atoms. The maximum Gasteiger partial charge on any atom is 0.267 e. The number of thiophene rings is 1. The van der Waals surface area contributed by atoms with Crippen molar-refractivity contribution in [3.05, 3.63) is 56.9 Å². The van der Waals surface area contributed by atoms with E-state index in [0.717, 1.165) is 21.4 Å². The van der Waals surface area contributed by atoms with Gasteiger partial charge in [-0.25, -0.2) is 0 Å². The molecular formula is C17H13Cl2NO2S. The topological polar surface area (TPSA) is 38.3 Å². The van der Waals surface area contributed by atoms with Gasteiger partial charge < -0.3 is 10.1 Å². The second-order valence-electron chi connectivity index (χ2n) is 5.02. The molecule has 3 nitrogen and oxygen atoms in total. The molecule has 0 aliphatic rings. The van der Waals surface area contributed by atoms with Crippen LogP contribution in [-0.4, -0.2) is 13.0 Å². The summed E-state index contributed by atoms with van der Waals surface area (Å²) in [5, 5.41) is 4.72. The van der Waals surface area contributed by atoms with Crippen molar-refractivity contribution in [2.45, 2.75) is 6.92 Å². The van der Waals surface area contributed by atoms with E-state index in [0.29, 0.717) is 20.6 Å². The number of halogens is 2. The van der Waals surface area contributed by atoms with Crippen molar-refractivity contribution in [3.8, 4) is 5.75 Å². The fourth-order valence-electron chi connectivity index (χ4n) is 2.23. The van der Waals surface area contributed by atoms with Crippen molar-refractivity contribution in [2.75, 3.05) is 12.4 Å². The first kappa shape index (κ1) is 16.1. The summed E-state index contributed by atoms with van der Waals surface area (Å²) in [5.41, 5.74) is 1.61. The number of aryl methyl sites for hydroxylation is 1. The molecule has 0 atom stereocenters. The number of hydrogen-bond acceptors (Lipinski definition) is 3. The molecule has 3 aromatic rings. The lowest BCUT2D eigenvalue weighted by Crippen LogP contribution is -2.11. The van der Waals surface area contributed by atoms with Gasteiger partial charge in [-0.15, -0.1) is 11.3 Å². The predicted molar refractivity (Wildman–Crippen MR) is 97.5 cm³/mol. The monoisotopic (exact) mass is 365 g/mol. The van der Waals surface area contributed by atoms with Crippen LogP contribution in [0.3, 0.4) is 0 Å². The van der Waals surface area contributed by atoms with Crippen molar-refractivity contribution < 1.29 is 9.53 Å². The number of hydrogen-bond donors (Lipinski definition) is 1. The molecule has 1 amide bonds. The summed E-state index contributed by atoms with van der Waals surface area (Å²) < 4.78 is 6.11. The number of ether oxygens (including phenoxy) is 1. The van der Waals surface area contributed by atoms with Crippen LogP contribution < -0.4 is 10.1 Å². The Morgan fingerprint density at radius 3 is 2.70 bits per heavy atom. The molecule has 0 radical (unpaired) electrons. The number of nitrogens with one attached hydrogen (secondary N) is 1. The van der Waals surface area contributed by atoms with E-state index in [1.54, 1.807) is 19.2 Å². The highest BCUT2D eigenvalue weighted by atomic mass is 35.5. The molecule has 1 heterocycles. The number of carbonyl (C=O) groups is 1. The van der Waals surface area contributed by atoms with Gasteiger partial charge in [0.2, 0.25) is 0 Å². The molecule has 0 fully saturated rings. The number of benzene rings is 2. The fraction of sp³-hybridized carbons (Fsp3) is 0.118. The summed E-state index contributed by atoms with van der Waals surface area (Å²) in [7, 11) is 1.60. The average Bonchev–Trinajstić information content (AvgIpc) is 2.87. The number of methoxy groups -OCH3 is 1. The summed E-state index contributed by atoms with van der Waals surface area (Å²) in [6, 6.07) is 10.9. The molecule has 2 aromatic carbocycles. The number of fused-ring (bicyclic) bond motifs is 1. The predicted octanol–water partition coefficient (Wildman–Crippen LogP) is 5.78. The molecule has 0 unspecified atom stereocenters. The van der Waals surface area contributed by atoms with Gasteiger partial charge in [0.25, 0.3) is 5.91 Å². The first-order valence-corrected chi connectivity index (χ1v) is 8.40. The van der Waals surface area contributed by atoms with E-state index in [-0.39, 0.29) is 5.91 Å². The number of amides is 1. The molecule has 0 aliphatic heterocycles. The summed E-state index contributed by atoms with van der Waals surface area (Å²) in [4.78, 5) is 13.0. The van der Waals surface area contributed by atoms with E-state index in [4.69, 9.17) is 27.9 Å². The number of anilines is 1. The van der Waals surface area contributed by atoms with Crippen molar-refractivity contribution in [3.63, 3.8) is 0 Å². The van der Waals surface area contributed by atoms with E-state index >= 15 is 0 Å². The van der Waals surface area contributed by atoms with Crippen molar-refractivity contribution in [1.29, 1.82) is 0 Å². The Morgan fingerprint density at radius 2 is 1.96 bits per heavy atom. The van der Waals surface area contributed by atoms with E-state index < -0.39 is 0 Å². The summed E-state index contributed by atoms with van der Waals surface area (Å²) >= 11 is 13.7. The smallest absolute Gasteiger partial charge is 0.267 e. The number of rotatable bonds is 3. The highest BCUT2D eigenvalue weighted by molar-refractivity contribution is 7.21. The molecule has 118 valence electrons. The second kappa shape index (κ2) is 6.40. The van der Waals surface area contributed by atoms with E-state index in [1.807, 2.05) is 31.2 Å². The van der Waals surface area contributed by atoms with Gasteiger partial charge in [0.05, 0.1) is 12.1 Å². The lowest BCUT2D eigenvalue weighted by molar-refractivity contribution is 0.103. The zero-order valence-electron chi connectivity index (χ0n) is 12.4. The fourth-order valence-corrected chi connectivity index (χ4v) is 3.84. The molecule has 3 rings (SSSR count). The van der Waals surface area contributed by atoms with E-state index in [9.17, 15) is 4.79 Å². The van der Waals surface area contributed by atoms with Crippen molar-refractivity contribution in [2.24, 2.45) is 0 Å². The first-order valence-electron chi connectivity index (χ1n) is 6.83. The van der Waals surface area contributed by atoms with E-state index in [1.165, 1.54) is 11.3 Å². The van der Waals surface area contributed by atoms with Crippen LogP contribution in [0, 0.1) is 6.92 Å². The van der Waals surface area contributed by atoms with Crippen LogP contribution in [-0.2, 0) is 0 Å². The molecular weight excluding hydrogens is 353 g/mol. The van der Waals surface area contributed by atoms with Crippen molar-refractivity contribution in [1.82, 2.24) is 0 Å². The van der Waals surface area contributed by atoms with E-state index in [2.05, 4.69) is 5.32 Å². The van der Waals surface area contributed by atoms with Gasteiger partial charge in [0.1, 0.15) is 10.6 Å². The number of carbonyl (C=O) groups excluding carboxylic acids is 1. The molecule has 0 aliphatic carbocycles. The third-order valence-corrected chi connectivity index (χ3v) is 5.38. The molecule has 0 bridgehead atoms. The standard InChI is InChI=1S/C17H13Cl2NO2S/c1-9-3-4-10(18)7-13(9)20-17(21)16-15(19)12-6-5-11(22-2)8-14(12)23-16/h3-8H,1-2H3,(H,20,21). The zero-order chi connectivity index (χ0) is 16.6. The summed E-state index contributed by atoms with van der Waals surface area (Å²) in [6.07, 6.45) is 0. The molecule has 6 heteroatoms. The Balaban J connectivity index is 1.97. The maximum atomic E-state index is 12.6. The molecule has 1 aromatic heterocycles. The Labute approximate surface area is 147 Å². The van der Waals surface area contributed by atoms with Gasteiger partial charge in [-0.2, -0.15) is 0 Å². The van der Waals surface area contributed by atoms with Gasteiger partial charge in [0, 0.05) is 20.8 Å². The van der Waals surface area contributed by atoms with Crippen LogP contribution in [0.1, 0.15) is 15.2 Å². The Morgan fingerprint density at radius 1 is 1.17 bits per heavy atom. The first-order chi connectivity index (χ1) is 11.0. The minimum atomic E-state index is -0.250. The Bertz CT molecular complexity index is 905. The van der Waals surface area contributed by atoms with Crippen LogP contribution in [0.25, 0.3) is 10.1 Å². The third-order valence-electron chi connectivity index (χ3n) is 3.49. The van der Waals surface area contributed by atoms with Gasteiger partial charge in [-0.3, -0.25) is 4.79 Å². The van der Waals surface area contributed by atoms with Crippen LogP contribution in [0.5, 0.6) is 5.75 Å². The van der Waals surface area contributed by atoms with Crippen LogP contribution in [0.4, 0.5) is 5.69 Å². The quantitative estimate of drug-likeness (QED) is 0.638. The molecule has 1 N–H and O–H groups in total. The highest BCUT2D eigenvalue weighted by Crippen LogP contribution is 2.37. The van der Waals surface area contributed by atoms with Gasteiger partial charge in [-0.05, 0) is 42.8 Å². The average molecular weight is 366 g/mol. The molecule has 0 saturated carbocycles. The van der Waals surface area contributed by atoms with Crippen LogP contribution in [0.15, 0.2) is 36.4 Å². The summed E-state index contributed by atoms with van der Waals surface area (Å²) in [6.45, 7) is 1.91. The summed E-state index contributed by atoms with van der Waals surface area (Å²) in [5.74, 6) is 0.480. The van der Waals surface area contributed by atoms with Gasteiger partial charge in [-0.1, -0.05) is 29.3 Å². The highest BCUT2D eigenvalue weighted by Gasteiger charge is 2.18. The normalized spacial score (nSPS) is 10.8. The lowest BCUT2D eigenvalue weighted by atomic mass is 10.2.